The van der Waals surface area contributed by atoms with Crippen molar-refractivity contribution in [2.24, 2.45) is 5.92 Å². The molecule has 0 saturated heterocycles. The average Bonchev–Trinajstić information content (AvgIpc) is 3.31. The minimum atomic E-state index is -0.749. The van der Waals surface area contributed by atoms with E-state index in [0.717, 1.165) is 36.9 Å². The number of hydrogen-bond donors (Lipinski definition) is 2. The summed E-state index contributed by atoms with van der Waals surface area (Å²) in [5.74, 6) is -0.518. The largest absolute Gasteiger partial charge is 0.481 e. The van der Waals surface area contributed by atoms with Crippen molar-refractivity contribution in [3.05, 3.63) is 29.8 Å². The molecule has 0 aromatic heterocycles. The van der Waals surface area contributed by atoms with Crippen LogP contribution >= 0.6 is 0 Å². The van der Waals surface area contributed by atoms with Crippen LogP contribution in [0.3, 0.4) is 0 Å². The molecule has 2 N–H and O–H groups in total. The average molecular weight is 287 g/mol. The highest BCUT2D eigenvalue weighted by Gasteiger charge is 2.51. The van der Waals surface area contributed by atoms with Gasteiger partial charge in [-0.1, -0.05) is 31.4 Å². The Labute approximate surface area is 124 Å². The summed E-state index contributed by atoms with van der Waals surface area (Å²) in [5.41, 5.74) is 0.924. The van der Waals surface area contributed by atoms with Crippen LogP contribution in [0.2, 0.25) is 0 Å². The minimum Gasteiger partial charge on any atom is -0.481 e. The van der Waals surface area contributed by atoms with E-state index in [4.69, 9.17) is 0 Å². The fourth-order valence-electron chi connectivity index (χ4n) is 3.23. The summed E-state index contributed by atoms with van der Waals surface area (Å²) in [6, 6.07) is 7.30. The number of carboxylic acids is 1. The van der Waals surface area contributed by atoms with Gasteiger partial charge in [-0.2, -0.15) is 0 Å². The van der Waals surface area contributed by atoms with Crippen LogP contribution in [0.5, 0.6) is 0 Å². The van der Waals surface area contributed by atoms with Crippen molar-refractivity contribution in [3.63, 3.8) is 0 Å². The van der Waals surface area contributed by atoms with Crippen molar-refractivity contribution >= 4 is 17.6 Å². The summed E-state index contributed by atoms with van der Waals surface area (Å²) in [7, 11) is 0. The van der Waals surface area contributed by atoms with Gasteiger partial charge in [0.15, 0.2) is 0 Å². The van der Waals surface area contributed by atoms with Crippen LogP contribution in [-0.2, 0) is 15.0 Å². The van der Waals surface area contributed by atoms with Crippen LogP contribution in [0.25, 0.3) is 0 Å². The van der Waals surface area contributed by atoms with Crippen LogP contribution in [0.15, 0.2) is 24.3 Å². The van der Waals surface area contributed by atoms with E-state index in [1.165, 1.54) is 6.42 Å². The molecule has 0 aliphatic heterocycles. The maximum atomic E-state index is 12.2. The molecule has 4 heteroatoms. The van der Waals surface area contributed by atoms with Crippen LogP contribution in [-0.4, -0.2) is 17.0 Å². The summed E-state index contributed by atoms with van der Waals surface area (Å²) >= 11 is 0. The summed E-state index contributed by atoms with van der Waals surface area (Å²) in [5, 5.41) is 12.2. The molecule has 0 heterocycles. The smallest absolute Gasteiger partial charge is 0.314 e. The van der Waals surface area contributed by atoms with E-state index in [-0.39, 0.29) is 11.8 Å². The highest BCUT2D eigenvalue weighted by Crippen LogP contribution is 2.48. The first kappa shape index (κ1) is 14.1. The molecule has 0 unspecified atom stereocenters. The fourth-order valence-corrected chi connectivity index (χ4v) is 3.23. The highest BCUT2D eigenvalue weighted by molar-refractivity contribution is 5.92. The Morgan fingerprint density at radius 3 is 2.19 bits per heavy atom. The van der Waals surface area contributed by atoms with E-state index in [0.29, 0.717) is 12.8 Å². The van der Waals surface area contributed by atoms with Crippen molar-refractivity contribution in [3.8, 4) is 0 Å². The maximum absolute atomic E-state index is 12.2. The van der Waals surface area contributed by atoms with Crippen molar-refractivity contribution in [2.45, 2.75) is 50.4 Å². The Kier molecular flexibility index (Phi) is 3.70. The molecular formula is C17H21NO3. The van der Waals surface area contributed by atoms with Gasteiger partial charge in [0.1, 0.15) is 0 Å². The number of carbonyl (C=O) groups is 2. The van der Waals surface area contributed by atoms with Gasteiger partial charge in [-0.25, -0.2) is 0 Å². The highest BCUT2D eigenvalue weighted by atomic mass is 16.4. The molecule has 0 radical (unpaired) electrons. The number of carbonyl (C=O) groups excluding carboxylic acids is 1. The molecule has 112 valence electrons. The SMILES string of the molecule is O=C(Nc1ccc(C2(C(=O)O)CC2)cc1)C1CCCCC1. The van der Waals surface area contributed by atoms with Gasteiger partial charge in [0, 0.05) is 11.6 Å². The van der Waals surface area contributed by atoms with E-state index in [9.17, 15) is 14.7 Å². The minimum absolute atomic E-state index is 0.0989. The first-order valence-corrected chi connectivity index (χ1v) is 7.77. The number of nitrogens with one attached hydrogen (secondary N) is 1. The molecule has 0 atom stereocenters. The van der Waals surface area contributed by atoms with Gasteiger partial charge in [-0.05, 0) is 43.4 Å². The molecule has 1 amide bonds. The number of hydrogen-bond acceptors (Lipinski definition) is 2. The van der Waals surface area contributed by atoms with Crippen molar-refractivity contribution in [2.75, 3.05) is 5.32 Å². The lowest BCUT2D eigenvalue weighted by Gasteiger charge is -2.21. The lowest BCUT2D eigenvalue weighted by atomic mass is 9.88. The lowest BCUT2D eigenvalue weighted by Crippen LogP contribution is -2.24. The molecule has 2 fully saturated rings. The molecule has 2 aliphatic rings. The van der Waals surface area contributed by atoms with Gasteiger partial charge in [-0.3, -0.25) is 9.59 Å². The Morgan fingerprint density at radius 1 is 1.05 bits per heavy atom. The first-order chi connectivity index (χ1) is 10.1. The summed E-state index contributed by atoms with van der Waals surface area (Å²) < 4.78 is 0. The van der Waals surface area contributed by atoms with Gasteiger partial charge in [0.25, 0.3) is 0 Å². The molecule has 1 aromatic rings. The van der Waals surface area contributed by atoms with Crippen LogP contribution in [0.1, 0.15) is 50.5 Å². The monoisotopic (exact) mass is 287 g/mol. The van der Waals surface area contributed by atoms with E-state index in [1.54, 1.807) is 0 Å². The summed E-state index contributed by atoms with van der Waals surface area (Å²) in [4.78, 5) is 23.4. The summed E-state index contributed by atoms with van der Waals surface area (Å²) in [6.45, 7) is 0. The van der Waals surface area contributed by atoms with Gasteiger partial charge in [0.2, 0.25) is 5.91 Å². The van der Waals surface area contributed by atoms with Gasteiger partial charge >= 0.3 is 5.97 Å². The molecule has 21 heavy (non-hydrogen) atoms. The van der Waals surface area contributed by atoms with Crippen molar-refractivity contribution < 1.29 is 14.7 Å². The molecule has 3 rings (SSSR count). The first-order valence-electron chi connectivity index (χ1n) is 7.77. The van der Waals surface area contributed by atoms with E-state index < -0.39 is 11.4 Å². The number of rotatable bonds is 4. The Bertz CT molecular complexity index is 540. The molecule has 0 spiro atoms. The fraction of sp³-hybridized carbons (Fsp3) is 0.529. The number of benzene rings is 1. The lowest BCUT2D eigenvalue weighted by molar-refractivity contribution is -0.140. The molecular weight excluding hydrogens is 266 g/mol. The molecule has 4 nitrogen and oxygen atoms in total. The molecule has 2 aliphatic carbocycles. The standard InChI is InChI=1S/C17H21NO3/c19-15(12-4-2-1-3-5-12)18-14-8-6-13(7-9-14)17(10-11-17)16(20)21/h6-9,12H,1-5,10-11H2,(H,18,19)(H,20,21). The van der Waals surface area contributed by atoms with Crippen molar-refractivity contribution in [1.29, 1.82) is 0 Å². The third-order valence-corrected chi connectivity index (χ3v) is 4.84. The zero-order valence-corrected chi connectivity index (χ0v) is 12.1. The number of anilines is 1. The third-order valence-electron chi connectivity index (χ3n) is 4.84. The Morgan fingerprint density at radius 2 is 1.67 bits per heavy atom. The second-order valence-electron chi connectivity index (χ2n) is 6.29. The maximum Gasteiger partial charge on any atom is 0.314 e. The molecule has 1 aromatic carbocycles. The van der Waals surface area contributed by atoms with Crippen LogP contribution in [0, 0.1) is 5.92 Å². The zero-order chi connectivity index (χ0) is 14.9. The topological polar surface area (TPSA) is 66.4 Å². The predicted molar refractivity (Wildman–Crippen MR) is 80.2 cm³/mol. The number of amides is 1. The quantitative estimate of drug-likeness (QED) is 0.892. The second kappa shape index (κ2) is 5.51. The molecule has 0 bridgehead atoms. The van der Waals surface area contributed by atoms with Gasteiger partial charge in [-0.15, -0.1) is 0 Å². The molecule has 2 saturated carbocycles. The van der Waals surface area contributed by atoms with E-state index in [1.807, 2.05) is 24.3 Å². The van der Waals surface area contributed by atoms with Gasteiger partial charge < -0.3 is 10.4 Å². The van der Waals surface area contributed by atoms with Crippen molar-refractivity contribution in [1.82, 2.24) is 0 Å². The Balaban J connectivity index is 1.65. The van der Waals surface area contributed by atoms with Crippen LogP contribution in [0.4, 0.5) is 5.69 Å². The zero-order valence-electron chi connectivity index (χ0n) is 12.1. The number of carboxylic acid groups (broad SMARTS) is 1. The summed E-state index contributed by atoms with van der Waals surface area (Å²) in [6.07, 6.45) is 6.87. The predicted octanol–water partition coefficient (Wildman–Crippen LogP) is 3.32. The number of aliphatic carboxylic acids is 1. The Hall–Kier alpha value is -1.84. The third kappa shape index (κ3) is 2.80. The van der Waals surface area contributed by atoms with Crippen LogP contribution < -0.4 is 5.32 Å². The van der Waals surface area contributed by atoms with E-state index >= 15 is 0 Å². The van der Waals surface area contributed by atoms with Gasteiger partial charge in [0.05, 0.1) is 5.41 Å². The van der Waals surface area contributed by atoms with E-state index in [2.05, 4.69) is 5.32 Å². The second-order valence-corrected chi connectivity index (χ2v) is 6.29. The normalized spacial score (nSPS) is 20.8.